The zero-order valence-electron chi connectivity index (χ0n) is 28.0. The van der Waals surface area contributed by atoms with E-state index in [4.69, 9.17) is 0 Å². The fraction of sp³-hybridized carbons (Fsp3) is 0.318. The van der Waals surface area contributed by atoms with Gasteiger partial charge in [0, 0.05) is 71.3 Å². The van der Waals surface area contributed by atoms with Gasteiger partial charge in [-0.05, 0) is 115 Å². The highest BCUT2D eigenvalue weighted by molar-refractivity contribution is 7.66. The highest BCUT2D eigenvalue weighted by Crippen LogP contribution is 2.68. The highest BCUT2D eigenvalue weighted by atomic mass is 31.2. The van der Waals surface area contributed by atoms with E-state index in [1.54, 1.807) is 0 Å². The lowest BCUT2D eigenvalue weighted by molar-refractivity contribution is 0.493. The molecule has 8 aliphatic carbocycles. The van der Waals surface area contributed by atoms with E-state index in [0.29, 0.717) is 34.3 Å². The first-order valence-electron chi connectivity index (χ1n) is 18.5. The van der Waals surface area contributed by atoms with Gasteiger partial charge in [-0.1, -0.05) is 72.8 Å². The summed E-state index contributed by atoms with van der Waals surface area (Å²) in [5.74, 6) is 1.52. The Hall–Kier alpha value is -3.52. The van der Waals surface area contributed by atoms with Crippen molar-refractivity contribution in [3.63, 3.8) is 0 Å². The smallest absolute Gasteiger partial charge is 0.227 e. The van der Waals surface area contributed by atoms with Gasteiger partial charge in [0.1, 0.15) is 0 Å². The van der Waals surface area contributed by atoms with E-state index in [1.807, 2.05) is 0 Å². The van der Waals surface area contributed by atoms with Crippen LogP contribution < -0.4 is 10.6 Å². The summed E-state index contributed by atoms with van der Waals surface area (Å²) in [6.45, 7) is 3.04. The second-order valence-corrected chi connectivity index (χ2v) is 21.4. The molecule has 4 nitrogen and oxygen atoms in total. The third-order valence-electron chi connectivity index (χ3n) is 14.8. The normalized spacial score (nSPS) is 31.8. The number of rotatable bonds is 2. The Morgan fingerprint density at radius 2 is 0.620 bits per heavy atom. The predicted molar refractivity (Wildman–Crippen MR) is 196 cm³/mol. The van der Waals surface area contributed by atoms with Crippen LogP contribution in [0, 0.1) is 0 Å². The zero-order valence-corrected chi connectivity index (χ0v) is 29.8. The first-order valence-corrected chi connectivity index (χ1v) is 22.7. The summed E-state index contributed by atoms with van der Waals surface area (Å²) in [6.07, 6.45) is 3.86. The van der Waals surface area contributed by atoms with Gasteiger partial charge < -0.3 is 9.79 Å². The molecule has 5 aromatic carbocycles. The Morgan fingerprint density at radius 1 is 0.400 bits per heavy atom. The third kappa shape index (κ3) is 3.03. The van der Waals surface area contributed by atoms with Gasteiger partial charge >= 0.3 is 0 Å². The summed E-state index contributed by atoms with van der Waals surface area (Å²) >= 11 is 0. The maximum absolute atomic E-state index is 14.4. The summed E-state index contributed by atoms with van der Waals surface area (Å²) in [5.41, 5.74) is 20.3. The molecule has 10 atom stereocenters. The lowest BCUT2D eigenvalue weighted by Crippen LogP contribution is -2.32. The Kier molecular flexibility index (Phi) is 4.82. The van der Waals surface area contributed by atoms with Gasteiger partial charge in [-0.15, -0.1) is 0 Å². The molecule has 0 aromatic heterocycles. The quantitative estimate of drug-likeness (QED) is 0.182. The third-order valence-corrected chi connectivity index (χ3v) is 17.4. The molecule has 5 aromatic rings. The molecule has 10 unspecified atom stereocenters. The lowest BCUT2D eigenvalue weighted by Gasteiger charge is -2.35. The summed E-state index contributed by atoms with van der Waals surface area (Å²) in [7, 11) is -7.54. The molecular weight excluding hydrogens is 654 g/mol. The molecule has 2 N–H and O–H groups in total. The number of hydrogen-bond donors (Lipinski definition) is 2. The van der Waals surface area contributed by atoms with Gasteiger partial charge in [-0.25, -0.2) is 0 Å². The van der Waals surface area contributed by atoms with Crippen LogP contribution in [-0.4, -0.2) is 23.1 Å². The summed E-state index contributed by atoms with van der Waals surface area (Å²) in [4.78, 5) is 23.6. The van der Waals surface area contributed by atoms with Crippen LogP contribution in [-0.2, 0) is 9.13 Å². The average Bonchev–Trinajstić information content (AvgIpc) is 3.96. The van der Waals surface area contributed by atoms with Crippen LogP contribution in [0.2, 0.25) is 0 Å². The molecule has 0 heterocycles. The second kappa shape index (κ2) is 8.57. The first-order chi connectivity index (χ1) is 24.1. The minimum absolute atomic E-state index is 0.0263. The zero-order chi connectivity index (χ0) is 33.3. The molecule has 0 aliphatic heterocycles. The van der Waals surface area contributed by atoms with Crippen molar-refractivity contribution in [2.75, 3.05) is 13.3 Å². The molecule has 0 saturated carbocycles. The minimum Gasteiger partial charge on any atom is -0.341 e. The number of benzene rings is 5. The predicted octanol–water partition coefficient (Wildman–Crippen LogP) is 8.66. The van der Waals surface area contributed by atoms with Gasteiger partial charge in [-0.2, -0.15) is 0 Å². The molecule has 50 heavy (non-hydrogen) atoms. The molecule has 8 aliphatic rings. The van der Waals surface area contributed by atoms with Crippen LogP contribution in [0.5, 0.6) is 0 Å². The number of fused-ring (bicyclic) bond motifs is 32. The molecule has 13 rings (SSSR count). The lowest BCUT2D eigenvalue weighted by atomic mass is 9.75. The molecule has 0 saturated heterocycles. The van der Waals surface area contributed by atoms with Crippen molar-refractivity contribution >= 4 is 25.3 Å². The average molecular weight is 691 g/mol. The monoisotopic (exact) mass is 690 g/mol. The van der Waals surface area contributed by atoms with Crippen molar-refractivity contribution < 1.29 is 18.9 Å². The summed E-state index contributed by atoms with van der Waals surface area (Å²) in [6, 6.07) is 27.5. The van der Waals surface area contributed by atoms with E-state index in [9.17, 15) is 18.9 Å². The molecule has 0 spiro atoms. The second-order valence-electron chi connectivity index (χ2n) is 17.0. The largest absolute Gasteiger partial charge is 0.341 e. The van der Waals surface area contributed by atoms with Crippen molar-refractivity contribution in [2.45, 2.75) is 73.0 Å². The van der Waals surface area contributed by atoms with E-state index in [-0.39, 0.29) is 23.7 Å². The molecule has 246 valence electrons. The van der Waals surface area contributed by atoms with Crippen molar-refractivity contribution in [1.29, 1.82) is 0 Å². The Morgan fingerprint density at radius 3 is 0.860 bits per heavy atom. The topological polar surface area (TPSA) is 74.6 Å². The Bertz CT molecular complexity index is 2290. The standard InChI is InChI=1S/C44H36O4P2/c1-49(45,46)43-39-35-17-37(33-15-29-25-11-23(27(29)13-31(33)35)19-7-3-5-9-21(19)25)41(39)44(50(2,47)48)42-38-18-36(40(42)43)32-14-28-24-12-26(30(28)16-34(32)38)22-10-6-4-8-20(22)24/h3-10,13-16,23-26,35-38H,11-12,17-18H2,1-2H3,(H,45,46)(H,47,48). The highest BCUT2D eigenvalue weighted by Gasteiger charge is 2.56. The van der Waals surface area contributed by atoms with E-state index >= 15 is 0 Å². The fourth-order valence-corrected chi connectivity index (χ4v) is 16.3. The molecule has 0 amide bonds. The van der Waals surface area contributed by atoms with Gasteiger partial charge in [0.2, 0.25) is 14.7 Å². The maximum Gasteiger partial charge on any atom is 0.227 e. The van der Waals surface area contributed by atoms with Gasteiger partial charge in [0.15, 0.2) is 0 Å². The number of hydrogen-bond acceptors (Lipinski definition) is 2. The van der Waals surface area contributed by atoms with Crippen LogP contribution >= 0.6 is 14.7 Å². The maximum atomic E-state index is 14.4. The van der Waals surface area contributed by atoms with E-state index in [0.717, 1.165) is 47.9 Å². The molecular formula is C44H36O4P2. The summed E-state index contributed by atoms with van der Waals surface area (Å²) < 4.78 is 28.7. The van der Waals surface area contributed by atoms with Crippen LogP contribution in [0.4, 0.5) is 0 Å². The van der Waals surface area contributed by atoms with Crippen molar-refractivity contribution in [2.24, 2.45) is 0 Å². The van der Waals surface area contributed by atoms with Crippen LogP contribution in [0.1, 0.15) is 162 Å². The van der Waals surface area contributed by atoms with Gasteiger partial charge in [-0.3, -0.25) is 9.13 Å². The SMILES string of the molecule is CP(=O)(O)c1c2c(c(P(C)(=O)O)c3c1C1CC3c3cc4c(cc31)C1CC4c3ccccc31)C1CC2c2cc3c(cc21)C1CC3c2ccccc21. The van der Waals surface area contributed by atoms with E-state index in [2.05, 4.69) is 72.8 Å². The van der Waals surface area contributed by atoms with Crippen LogP contribution in [0.3, 0.4) is 0 Å². The van der Waals surface area contributed by atoms with Crippen LogP contribution in [0.15, 0.2) is 72.8 Å². The van der Waals surface area contributed by atoms with E-state index in [1.165, 1.54) is 80.1 Å². The van der Waals surface area contributed by atoms with Crippen molar-refractivity contribution in [3.05, 3.63) is 162 Å². The minimum atomic E-state index is -3.77. The molecule has 6 heteroatoms. The Labute approximate surface area is 291 Å². The fourth-order valence-electron chi connectivity index (χ4n) is 13.4. The molecule has 8 bridgehead atoms. The summed E-state index contributed by atoms with van der Waals surface area (Å²) in [5, 5.41) is 1.24. The van der Waals surface area contributed by atoms with Crippen LogP contribution in [0.25, 0.3) is 0 Å². The Balaban J connectivity index is 1.04. The van der Waals surface area contributed by atoms with E-state index < -0.39 is 14.7 Å². The molecule has 0 radical (unpaired) electrons. The molecule has 0 fully saturated rings. The first kappa shape index (κ1) is 28.1. The van der Waals surface area contributed by atoms with Gasteiger partial charge in [0.05, 0.1) is 0 Å². The van der Waals surface area contributed by atoms with Crippen molar-refractivity contribution in [3.8, 4) is 0 Å². The van der Waals surface area contributed by atoms with Crippen molar-refractivity contribution in [1.82, 2.24) is 0 Å². The van der Waals surface area contributed by atoms with Gasteiger partial charge in [0.25, 0.3) is 0 Å².